The van der Waals surface area contributed by atoms with Crippen molar-refractivity contribution in [3.63, 3.8) is 0 Å². The first-order chi connectivity index (χ1) is 11.6. The Morgan fingerprint density at radius 1 is 1.12 bits per heavy atom. The molecule has 0 spiro atoms. The summed E-state index contributed by atoms with van der Waals surface area (Å²) in [6.45, 7) is 0. The number of benzene rings is 2. The minimum atomic E-state index is -4.81. The molecule has 132 valence electrons. The minimum Gasteiger partial charge on any atom is -0.408 e. The maximum Gasteiger partial charge on any atom is 0.418 e. The number of nitrogens with one attached hydrogen (secondary N) is 2. The highest BCUT2D eigenvalue weighted by Crippen LogP contribution is 2.37. The summed E-state index contributed by atoms with van der Waals surface area (Å²) >= 11 is 5.56. The molecule has 6 nitrogen and oxygen atoms in total. The summed E-state index contributed by atoms with van der Waals surface area (Å²) < 4.78 is 70.6. The van der Waals surface area contributed by atoms with Gasteiger partial charge in [-0.2, -0.15) is 13.2 Å². The number of aromatic amines is 1. The van der Waals surface area contributed by atoms with Gasteiger partial charge < -0.3 is 4.42 Å². The number of oxazole rings is 1. The number of hydrogen-bond donors (Lipinski definition) is 2. The second kappa shape index (κ2) is 5.81. The molecule has 0 atom stereocenters. The number of halogens is 4. The van der Waals surface area contributed by atoms with E-state index in [0.717, 1.165) is 24.3 Å². The molecule has 11 heteroatoms. The summed E-state index contributed by atoms with van der Waals surface area (Å²) in [5.41, 5.74) is -1.68. The van der Waals surface area contributed by atoms with Crippen LogP contribution in [0.15, 0.2) is 50.5 Å². The quantitative estimate of drug-likeness (QED) is 0.712. The van der Waals surface area contributed by atoms with Crippen LogP contribution in [0.2, 0.25) is 5.02 Å². The number of rotatable bonds is 3. The van der Waals surface area contributed by atoms with E-state index in [1.54, 1.807) is 0 Å². The summed E-state index contributed by atoms with van der Waals surface area (Å²) in [7, 11) is -4.36. The largest absolute Gasteiger partial charge is 0.418 e. The number of sulfonamides is 1. The number of hydrogen-bond acceptors (Lipinski definition) is 4. The van der Waals surface area contributed by atoms with Gasteiger partial charge in [-0.1, -0.05) is 11.6 Å². The second-order valence-electron chi connectivity index (χ2n) is 4.97. The molecule has 3 aromatic rings. The van der Waals surface area contributed by atoms with Gasteiger partial charge in [0.25, 0.3) is 10.0 Å². The molecule has 1 aromatic heterocycles. The zero-order valence-corrected chi connectivity index (χ0v) is 13.6. The van der Waals surface area contributed by atoms with Gasteiger partial charge in [-0.15, -0.1) is 0 Å². The second-order valence-corrected chi connectivity index (χ2v) is 7.08. The molecule has 0 bridgehead atoms. The lowest BCUT2D eigenvalue weighted by Gasteiger charge is -2.15. The average molecular weight is 393 g/mol. The van der Waals surface area contributed by atoms with E-state index >= 15 is 0 Å². The Morgan fingerprint density at radius 2 is 1.84 bits per heavy atom. The first kappa shape index (κ1) is 17.4. The van der Waals surface area contributed by atoms with E-state index in [9.17, 15) is 26.4 Å². The third-order valence-corrected chi connectivity index (χ3v) is 4.83. The van der Waals surface area contributed by atoms with Crippen LogP contribution in [0, 0.1) is 0 Å². The normalized spacial score (nSPS) is 12.5. The van der Waals surface area contributed by atoms with Gasteiger partial charge in [0.05, 0.1) is 21.7 Å². The lowest BCUT2D eigenvalue weighted by molar-refractivity contribution is -0.136. The number of alkyl halides is 3. The number of H-pyrrole nitrogens is 1. The van der Waals surface area contributed by atoms with Gasteiger partial charge in [0.15, 0.2) is 5.58 Å². The smallest absolute Gasteiger partial charge is 0.408 e. The maximum atomic E-state index is 13.1. The highest BCUT2D eigenvalue weighted by molar-refractivity contribution is 7.92. The lowest BCUT2D eigenvalue weighted by atomic mass is 10.2. The first-order valence-corrected chi connectivity index (χ1v) is 8.45. The number of aromatic nitrogens is 1. The SMILES string of the molecule is O=c1[nH]c2ccc(S(=O)(=O)Nc3ccc(Cl)cc3C(F)(F)F)cc2o1. The monoisotopic (exact) mass is 392 g/mol. The van der Waals surface area contributed by atoms with Crippen LogP contribution in [-0.2, 0) is 16.2 Å². The van der Waals surface area contributed by atoms with Crippen LogP contribution in [0.4, 0.5) is 18.9 Å². The van der Waals surface area contributed by atoms with Gasteiger partial charge in [-0.3, -0.25) is 9.71 Å². The summed E-state index contributed by atoms with van der Waals surface area (Å²) in [6, 6.07) is 6.08. The first-order valence-electron chi connectivity index (χ1n) is 6.59. The predicted octanol–water partition coefficient (Wildman–Crippen LogP) is 3.59. The Bertz CT molecular complexity index is 1120. The molecule has 0 aliphatic heterocycles. The predicted molar refractivity (Wildman–Crippen MR) is 84.1 cm³/mol. The van der Waals surface area contributed by atoms with Crippen molar-refractivity contribution in [2.75, 3.05) is 4.72 Å². The van der Waals surface area contributed by atoms with Gasteiger partial charge in [-0.25, -0.2) is 13.2 Å². The Balaban J connectivity index is 2.05. The fourth-order valence-electron chi connectivity index (χ4n) is 2.14. The van der Waals surface area contributed by atoms with Crippen molar-refractivity contribution >= 4 is 38.4 Å². The summed E-state index contributed by atoms with van der Waals surface area (Å²) in [4.78, 5) is 13.1. The van der Waals surface area contributed by atoms with Gasteiger partial charge >= 0.3 is 11.9 Å². The molecule has 2 aromatic carbocycles. The van der Waals surface area contributed by atoms with E-state index < -0.39 is 33.2 Å². The summed E-state index contributed by atoms with van der Waals surface area (Å²) in [5, 5.41) is -0.189. The molecule has 0 aliphatic carbocycles. The van der Waals surface area contributed by atoms with Crippen molar-refractivity contribution < 1.29 is 26.0 Å². The van der Waals surface area contributed by atoms with E-state index in [1.807, 2.05) is 4.72 Å². The fourth-order valence-corrected chi connectivity index (χ4v) is 3.40. The molecule has 2 N–H and O–H groups in total. The molecule has 0 aliphatic rings. The van der Waals surface area contributed by atoms with Crippen LogP contribution in [-0.4, -0.2) is 13.4 Å². The van der Waals surface area contributed by atoms with Crippen LogP contribution >= 0.6 is 11.6 Å². The van der Waals surface area contributed by atoms with Crippen molar-refractivity contribution in [2.45, 2.75) is 11.1 Å². The van der Waals surface area contributed by atoms with Gasteiger partial charge in [0.2, 0.25) is 0 Å². The van der Waals surface area contributed by atoms with E-state index in [-0.39, 0.29) is 21.0 Å². The zero-order chi connectivity index (χ0) is 18.4. The third-order valence-electron chi connectivity index (χ3n) is 3.23. The van der Waals surface area contributed by atoms with Crippen molar-refractivity contribution in [3.8, 4) is 0 Å². The van der Waals surface area contributed by atoms with E-state index in [4.69, 9.17) is 16.0 Å². The molecular weight excluding hydrogens is 385 g/mol. The van der Waals surface area contributed by atoms with Crippen molar-refractivity contribution in [1.82, 2.24) is 4.98 Å². The average Bonchev–Trinajstić information content (AvgIpc) is 2.87. The lowest BCUT2D eigenvalue weighted by Crippen LogP contribution is -2.17. The molecule has 1 heterocycles. The fraction of sp³-hybridized carbons (Fsp3) is 0.0714. The summed E-state index contributed by atoms with van der Waals surface area (Å²) in [6.07, 6.45) is -4.81. The molecule has 0 radical (unpaired) electrons. The maximum absolute atomic E-state index is 13.1. The van der Waals surface area contributed by atoms with Gasteiger partial charge in [0.1, 0.15) is 0 Å². The van der Waals surface area contributed by atoms with Crippen LogP contribution in [0.25, 0.3) is 11.1 Å². The van der Waals surface area contributed by atoms with Crippen LogP contribution in [0.1, 0.15) is 5.56 Å². The van der Waals surface area contributed by atoms with Crippen molar-refractivity contribution in [3.05, 3.63) is 57.5 Å². The Labute approximate surface area is 143 Å². The molecule has 3 rings (SSSR count). The van der Waals surface area contributed by atoms with Gasteiger partial charge in [0, 0.05) is 11.1 Å². The Morgan fingerprint density at radius 3 is 2.52 bits per heavy atom. The number of fused-ring (bicyclic) bond motifs is 1. The van der Waals surface area contributed by atoms with Crippen molar-refractivity contribution in [1.29, 1.82) is 0 Å². The van der Waals surface area contributed by atoms with Crippen LogP contribution in [0.3, 0.4) is 0 Å². The minimum absolute atomic E-state index is 0.0416. The topological polar surface area (TPSA) is 92.2 Å². The molecular formula is C14H8ClF3N2O4S. The summed E-state index contributed by atoms with van der Waals surface area (Å²) in [5.74, 6) is -0.783. The Kier molecular flexibility index (Phi) is 4.04. The molecule has 0 saturated carbocycles. The van der Waals surface area contributed by atoms with Crippen LogP contribution in [0.5, 0.6) is 0 Å². The highest BCUT2D eigenvalue weighted by Gasteiger charge is 2.35. The van der Waals surface area contributed by atoms with Crippen LogP contribution < -0.4 is 10.5 Å². The third kappa shape index (κ3) is 3.49. The van der Waals surface area contributed by atoms with E-state index in [1.165, 1.54) is 6.07 Å². The molecule has 0 unspecified atom stereocenters. The van der Waals surface area contributed by atoms with Gasteiger partial charge in [-0.05, 0) is 30.3 Å². The highest BCUT2D eigenvalue weighted by atomic mass is 35.5. The van der Waals surface area contributed by atoms with E-state index in [0.29, 0.717) is 6.07 Å². The molecule has 0 amide bonds. The zero-order valence-electron chi connectivity index (χ0n) is 12.0. The van der Waals surface area contributed by atoms with E-state index in [2.05, 4.69) is 4.98 Å². The van der Waals surface area contributed by atoms with Crippen molar-refractivity contribution in [2.24, 2.45) is 0 Å². The Hall–Kier alpha value is -2.46. The molecule has 25 heavy (non-hydrogen) atoms. The molecule has 0 saturated heterocycles. The number of anilines is 1. The molecule has 0 fully saturated rings. The standard InChI is InChI=1S/C14H8ClF3N2O4S/c15-7-1-3-10(9(5-7)14(16,17)18)20-25(22,23)8-2-4-11-12(6-8)24-13(21)19-11/h1-6,20H,(H,19,21).